The minimum atomic E-state index is -7.90. The van der Waals surface area contributed by atoms with Gasteiger partial charge in [0.2, 0.25) is 0 Å². The minimum absolute atomic E-state index is 1.10. The molecule has 0 aromatic heterocycles. The van der Waals surface area contributed by atoms with E-state index in [2.05, 4.69) is 0 Å². The van der Waals surface area contributed by atoms with Crippen molar-refractivity contribution in [1.82, 2.24) is 0 Å². The maximum Gasteiger partial charge on any atom is 0.460 e. The predicted octanol–water partition coefficient (Wildman–Crippen LogP) is 6.65. The smallest absolute Gasteiger partial charge is 0.416 e. The fourth-order valence-corrected chi connectivity index (χ4v) is 19.4. The van der Waals surface area contributed by atoms with Gasteiger partial charge in [-0.15, -0.1) is 0 Å². The molecule has 0 N–H and O–H groups in total. The van der Waals surface area contributed by atoms with Gasteiger partial charge >= 0.3 is 61.5 Å². The third-order valence-corrected chi connectivity index (χ3v) is 16.8. The zero-order valence-electron chi connectivity index (χ0n) is 17.1. The fraction of sp³-hybridized carbons (Fsp3) is 1.00. The monoisotopic (exact) mass is 554 g/mol. The van der Waals surface area contributed by atoms with Crippen molar-refractivity contribution in [1.29, 1.82) is 0 Å². The first-order valence-electron chi connectivity index (χ1n) is 8.64. The van der Waals surface area contributed by atoms with E-state index in [4.69, 9.17) is 12.3 Å². The first kappa shape index (κ1) is 29.7. The summed E-state index contributed by atoms with van der Waals surface area (Å²) in [6.45, 7) is 6.86. The van der Waals surface area contributed by atoms with Gasteiger partial charge in [-0.1, -0.05) is 0 Å². The highest BCUT2D eigenvalue weighted by molar-refractivity contribution is 6.92. The van der Waals surface area contributed by atoms with E-state index in [1.54, 1.807) is 0 Å². The van der Waals surface area contributed by atoms with E-state index in [0.29, 0.717) is 0 Å². The molecule has 0 atom stereocenters. The lowest BCUT2D eigenvalue weighted by atomic mass is 9.93. The van der Waals surface area contributed by atoms with Crippen molar-refractivity contribution in [3.8, 4) is 0 Å². The molecular formula is C13H19F13O3Si3. The summed E-state index contributed by atoms with van der Waals surface area (Å²) >= 11 is 0. The summed E-state index contributed by atoms with van der Waals surface area (Å²) in [5.74, 6) is -36.9. The molecule has 1 rings (SSSR count). The van der Waals surface area contributed by atoms with Crippen molar-refractivity contribution >= 4 is 25.7 Å². The molecule has 0 unspecified atom stereocenters. The normalized spacial score (nSPS) is 22.7. The molecule has 1 aliphatic rings. The molecule has 1 saturated heterocycles. The third-order valence-electron chi connectivity index (χ3n) is 4.31. The molecule has 1 heterocycles. The van der Waals surface area contributed by atoms with E-state index in [-0.39, 0.29) is 0 Å². The van der Waals surface area contributed by atoms with Crippen LogP contribution in [0.2, 0.25) is 38.8 Å². The Labute approximate surface area is 176 Å². The van der Waals surface area contributed by atoms with Gasteiger partial charge in [0.25, 0.3) is 0 Å². The number of hydrogen-bond donors (Lipinski definition) is 0. The molecule has 192 valence electrons. The summed E-state index contributed by atoms with van der Waals surface area (Å²) in [5, 5.41) is 0. The molecule has 0 spiro atoms. The lowest BCUT2D eigenvalue weighted by Crippen LogP contribution is -2.70. The average molecular weight is 555 g/mol. The van der Waals surface area contributed by atoms with Crippen LogP contribution in [0.15, 0.2) is 0 Å². The number of rotatable bonds is 7. The van der Waals surface area contributed by atoms with Crippen LogP contribution in [0.4, 0.5) is 57.1 Å². The zero-order chi connectivity index (χ0) is 26.0. The molecule has 32 heavy (non-hydrogen) atoms. The standard InChI is InChI=1S/C13H19F13O3Si3/c1-30(2)27-31(3,4)29-32(5,28-30)7-6-8(14,15)9(16,17)10(18,19)11(20,21)12(22,23)13(24,25)26/h6-7H2,1-5H3. The van der Waals surface area contributed by atoms with Crippen LogP contribution < -0.4 is 0 Å². The maximum atomic E-state index is 14.0. The highest BCUT2D eigenvalue weighted by Crippen LogP contribution is 2.61. The van der Waals surface area contributed by atoms with Gasteiger partial charge in [0.15, 0.2) is 0 Å². The van der Waals surface area contributed by atoms with Crippen LogP contribution in [0.1, 0.15) is 6.42 Å². The average Bonchev–Trinajstić information content (AvgIpc) is 2.47. The van der Waals surface area contributed by atoms with Gasteiger partial charge in [0, 0.05) is 6.42 Å². The summed E-state index contributed by atoms with van der Waals surface area (Å²) in [7, 11) is -9.93. The number of alkyl halides is 13. The Bertz CT molecular complexity index is 693. The van der Waals surface area contributed by atoms with Crippen molar-refractivity contribution in [2.75, 3.05) is 0 Å². The van der Waals surface area contributed by atoms with Gasteiger partial charge in [0.1, 0.15) is 0 Å². The summed E-state index contributed by atoms with van der Waals surface area (Å²) in [6, 6.07) is -1.19. The van der Waals surface area contributed by atoms with Crippen LogP contribution >= 0.6 is 0 Å². The predicted molar refractivity (Wildman–Crippen MR) is 90.1 cm³/mol. The highest BCUT2D eigenvalue weighted by Gasteiger charge is 2.90. The SMILES string of the molecule is C[Si]1(C)O[Si](C)(C)O[Si](C)(CCC(F)(F)C(F)(F)C(F)(F)C(F)(F)C(F)(F)C(F)(F)F)O1. The van der Waals surface area contributed by atoms with Crippen molar-refractivity contribution in [2.24, 2.45) is 0 Å². The second kappa shape index (κ2) is 7.82. The van der Waals surface area contributed by atoms with Crippen molar-refractivity contribution in [2.45, 2.75) is 81.0 Å². The fourth-order valence-electron chi connectivity index (χ4n) is 3.14. The second-order valence-corrected chi connectivity index (χ2v) is 19.1. The maximum absolute atomic E-state index is 14.0. The van der Waals surface area contributed by atoms with E-state index in [1.807, 2.05) is 0 Å². The Kier molecular flexibility index (Phi) is 7.24. The molecule has 0 amide bonds. The summed E-state index contributed by atoms with van der Waals surface area (Å²) in [6.07, 6.45) is -9.75. The van der Waals surface area contributed by atoms with Crippen LogP contribution in [0, 0.1) is 0 Å². The van der Waals surface area contributed by atoms with Crippen LogP contribution in [0.25, 0.3) is 0 Å². The summed E-state index contributed by atoms with van der Waals surface area (Å²) in [4.78, 5) is 0. The van der Waals surface area contributed by atoms with E-state index in [1.165, 1.54) is 26.2 Å². The van der Waals surface area contributed by atoms with Crippen LogP contribution in [-0.4, -0.2) is 61.5 Å². The van der Waals surface area contributed by atoms with E-state index < -0.39 is 73.9 Å². The van der Waals surface area contributed by atoms with E-state index >= 15 is 0 Å². The molecule has 3 nitrogen and oxygen atoms in total. The topological polar surface area (TPSA) is 27.7 Å². The lowest BCUT2D eigenvalue weighted by molar-refractivity contribution is -0.440. The van der Waals surface area contributed by atoms with Gasteiger partial charge < -0.3 is 12.3 Å². The lowest BCUT2D eigenvalue weighted by Gasteiger charge is -2.48. The summed E-state index contributed by atoms with van der Waals surface area (Å²) < 4.78 is 188. The molecule has 0 aromatic carbocycles. The molecule has 0 aromatic rings. The highest BCUT2D eigenvalue weighted by atomic mass is 28.5. The van der Waals surface area contributed by atoms with Gasteiger partial charge in [-0.05, 0) is 38.8 Å². The Balaban J connectivity index is 3.26. The van der Waals surface area contributed by atoms with Crippen LogP contribution in [0.3, 0.4) is 0 Å². The van der Waals surface area contributed by atoms with Crippen LogP contribution in [-0.2, 0) is 12.3 Å². The molecule has 0 saturated carbocycles. The molecule has 19 heteroatoms. The Hall–Kier alpha value is -0.379. The van der Waals surface area contributed by atoms with Gasteiger partial charge in [-0.2, -0.15) is 57.1 Å². The number of hydrogen-bond acceptors (Lipinski definition) is 3. The van der Waals surface area contributed by atoms with Gasteiger partial charge in [-0.3, -0.25) is 0 Å². The summed E-state index contributed by atoms with van der Waals surface area (Å²) in [5.41, 5.74) is 0. The Morgan fingerprint density at radius 2 is 0.844 bits per heavy atom. The molecule has 1 fully saturated rings. The first-order valence-corrected chi connectivity index (χ1v) is 16.8. The molecule has 0 bridgehead atoms. The molecular weight excluding hydrogens is 535 g/mol. The number of halogens is 13. The van der Waals surface area contributed by atoms with Gasteiger partial charge in [-0.25, -0.2) is 0 Å². The van der Waals surface area contributed by atoms with E-state index in [0.717, 1.165) is 6.55 Å². The molecule has 0 aliphatic carbocycles. The van der Waals surface area contributed by atoms with Crippen molar-refractivity contribution < 1.29 is 69.4 Å². The molecule has 0 radical (unpaired) electrons. The second-order valence-electron chi connectivity index (χ2n) is 8.24. The van der Waals surface area contributed by atoms with Crippen LogP contribution in [0.5, 0.6) is 0 Å². The van der Waals surface area contributed by atoms with E-state index in [9.17, 15) is 57.1 Å². The van der Waals surface area contributed by atoms with Gasteiger partial charge in [0.05, 0.1) is 0 Å². The van der Waals surface area contributed by atoms with Crippen molar-refractivity contribution in [3.63, 3.8) is 0 Å². The van der Waals surface area contributed by atoms with Crippen molar-refractivity contribution in [3.05, 3.63) is 0 Å². The molecule has 1 aliphatic heterocycles. The first-order chi connectivity index (χ1) is 13.6. The largest absolute Gasteiger partial charge is 0.460 e. The Morgan fingerprint density at radius 3 is 1.19 bits per heavy atom. The quantitative estimate of drug-likeness (QED) is 0.261. The minimum Gasteiger partial charge on any atom is -0.416 e. The Morgan fingerprint density at radius 1 is 0.500 bits per heavy atom. The zero-order valence-corrected chi connectivity index (χ0v) is 20.1. The third kappa shape index (κ3) is 5.01.